The van der Waals surface area contributed by atoms with E-state index >= 15 is 0 Å². The molecule has 0 aromatic carbocycles. The summed E-state index contributed by atoms with van der Waals surface area (Å²) < 4.78 is 7.30. The molecule has 0 atom stereocenters. The van der Waals surface area contributed by atoms with E-state index in [1.807, 2.05) is 11.6 Å². The number of aryl methyl sites for hydroxylation is 1. The van der Waals surface area contributed by atoms with Crippen LogP contribution in [0.5, 0.6) is 0 Å². The summed E-state index contributed by atoms with van der Waals surface area (Å²) in [5.41, 5.74) is 0.413. The molecule has 2 fully saturated rings. The zero-order valence-electron chi connectivity index (χ0n) is 15.6. The molecule has 4 heterocycles. The Kier molecular flexibility index (Phi) is 5.28. The van der Waals surface area contributed by atoms with Crippen LogP contribution in [0, 0.1) is 5.92 Å². The van der Waals surface area contributed by atoms with Crippen LogP contribution in [0.1, 0.15) is 29.2 Å². The van der Waals surface area contributed by atoms with Gasteiger partial charge in [0.15, 0.2) is 0 Å². The summed E-state index contributed by atoms with van der Waals surface area (Å²) >= 11 is 0. The van der Waals surface area contributed by atoms with E-state index in [2.05, 4.69) is 25.1 Å². The van der Waals surface area contributed by atoms with Crippen molar-refractivity contribution in [1.82, 2.24) is 29.6 Å². The number of nitrogens with zero attached hydrogens (tertiary/aromatic N) is 7. The normalized spacial score (nSPS) is 18.7. The third kappa shape index (κ3) is 4.08. The minimum absolute atomic E-state index is 0.0650. The Balaban J connectivity index is 1.37. The standard InChI is InChI=1S/C18H25N7O2/c1-23-13-20-22-16(23)10-14-2-4-24(5-3-14)17-12-19-11-15(21-17)18(26)25-6-8-27-9-7-25/h11-14H,2-10H2,1H3. The number of hydrogen-bond acceptors (Lipinski definition) is 7. The molecule has 2 aliphatic heterocycles. The number of hydrogen-bond donors (Lipinski definition) is 0. The first-order valence-electron chi connectivity index (χ1n) is 9.47. The van der Waals surface area contributed by atoms with Gasteiger partial charge in [-0.25, -0.2) is 4.98 Å². The van der Waals surface area contributed by atoms with E-state index in [1.54, 1.807) is 23.6 Å². The molecule has 0 aliphatic carbocycles. The lowest BCUT2D eigenvalue weighted by molar-refractivity contribution is 0.0298. The van der Waals surface area contributed by atoms with Crippen LogP contribution >= 0.6 is 0 Å². The predicted octanol–water partition coefficient (Wildman–Crippen LogP) is 0.537. The second kappa shape index (κ2) is 7.99. The van der Waals surface area contributed by atoms with Gasteiger partial charge in [-0.3, -0.25) is 9.78 Å². The summed E-state index contributed by atoms with van der Waals surface area (Å²) in [7, 11) is 1.98. The first kappa shape index (κ1) is 17.8. The molecule has 0 unspecified atom stereocenters. The topological polar surface area (TPSA) is 89.3 Å². The van der Waals surface area contributed by atoms with E-state index in [9.17, 15) is 4.79 Å². The summed E-state index contributed by atoms with van der Waals surface area (Å²) in [4.78, 5) is 25.5. The van der Waals surface area contributed by atoms with Crippen molar-refractivity contribution in [3.8, 4) is 0 Å². The molecule has 1 amide bonds. The number of piperidine rings is 1. The minimum atomic E-state index is -0.0650. The Morgan fingerprint density at radius 2 is 1.96 bits per heavy atom. The third-order valence-electron chi connectivity index (χ3n) is 5.35. The highest BCUT2D eigenvalue weighted by Crippen LogP contribution is 2.24. The number of aromatic nitrogens is 5. The largest absolute Gasteiger partial charge is 0.378 e. The van der Waals surface area contributed by atoms with Gasteiger partial charge >= 0.3 is 0 Å². The van der Waals surface area contributed by atoms with Gasteiger partial charge in [-0.1, -0.05) is 0 Å². The number of morpholine rings is 1. The van der Waals surface area contributed by atoms with E-state index in [1.165, 1.54) is 0 Å². The van der Waals surface area contributed by atoms with Crippen LogP contribution in [0.2, 0.25) is 0 Å². The second-order valence-electron chi connectivity index (χ2n) is 7.16. The van der Waals surface area contributed by atoms with E-state index in [0.29, 0.717) is 37.9 Å². The van der Waals surface area contributed by atoms with Crippen LogP contribution in [-0.2, 0) is 18.2 Å². The van der Waals surface area contributed by atoms with Gasteiger partial charge in [-0.05, 0) is 18.8 Å². The molecule has 2 aromatic rings. The van der Waals surface area contributed by atoms with Crippen molar-refractivity contribution in [2.45, 2.75) is 19.3 Å². The van der Waals surface area contributed by atoms with Gasteiger partial charge in [-0.15, -0.1) is 10.2 Å². The SMILES string of the molecule is Cn1cnnc1CC1CCN(c2cncc(C(=O)N3CCOCC3)n2)CC1. The smallest absolute Gasteiger partial charge is 0.274 e. The molecule has 144 valence electrons. The fourth-order valence-corrected chi connectivity index (χ4v) is 3.66. The summed E-state index contributed by atoms with van der Waals surface area (Å²) in [6, 6.07) is 0. The van der Waals surface area contributed by atoms with E-state index in [4.69, 9.17) is 4.74 Å². The molecule has 2 saturated heterocycles. The number of rotatable bonds is 4. The van der Waals surface area contributed by atoms with E-state index in [-0.39, 0.29) is 5.91 Å². The first-order valence-corrected chi connectivity index (χ1v) is 9.47. The summed E-state index contributed by atoms with van der Waals surface area (Å²) in [5, 5.41) is 8.14. The van der Waals surface area contributed by atoms with Crippen LogP contribution in [0.3, 0.4) is 0 Å². The van der Waals surface area contributed by atoms with Crippen molar-refractivity contribution < 1.29 is 9.53 Å². The summed E-state index contributed by atoms with van der Waals surface area (Å²) in [6.45, 7) is 4.20. The molecule has 9 heteroatoms. The predicted molar refractivity (Wildman–Crippen MR) is 98.4 cm³/mol. The maximum absolute atomic E-state index is 12.6. The molecule has 27 heavy (non-hydrogen) atoms. The molecular formula is C18H25N7O2. The molecule has 0 spiro atoms. The second-order valence-corrected chi connectivity index (χ2v) is 7.16. The molecule has 9 nitrogen and oxygen atoms in total. The van der Waals surface area contributed by atoms with Gasteiger partial charge in [0.1, 0.15) is 23.7 Å². The van der Waals surface area contributed by atoms with Crippen LogP contribution in [0.15, 0.2) is 18.7 Å². The molecule has 4 rings (SSSR count). The number of amides is 1. The first-order chi connectivity index (χ1) is 13.2. The number of carbonyl (C=O) groups is 1. The fourth-order valence-electron chi connectivity index (χ4n) is 3.66. The van der Waals surface area contributed by atoms with Crippen LogP contribution in [0.4, 0.5) is 5.82 Å². The zero-order valence-corrected chi connectivity index (χ0v) is 15.6. The molecular weight excluding hydrogens is 346 g/mol. The highest BCUT2D eigenvalue weighted by molar-refractivity contribution is 5.92. The average Bonchev–Trinajstić information content (AvgIpc) is 3.13. The third-order valence-corrected chi connectivity index (χ3v) is 5.35. The van der Waals surface area contributed by atoms with Crippen molar-refractivity contribution in [2.75, 3.05) is 44.3 Å². The summed E-state index contributed by atoms with van der Waals surface area (Å²) in [6.07, 6.45) is 8.14. The molecule has 0 bridgehead atoms. The van der Waals surface area contributed by atoms with E-state index < -0.39 is 0 Å². The number of anilines is 1. The van der Waals surface area contributed by atoms with Gasteiger partial charge in [0.05, 0.1) is 25.6 Å². The molecule has 2 aromatic heterocycles. The molecule has 0 N–H and O–H groups in total. The van der Waals surface area contributed by atoms with Gasteiger partial charge in [0, 0.05) is 39.6 Å². The Morgan fingerprint density at radius 1 is 1.19 bits per heavy atom. The maximum Gasteiger partial charge on any atom is 0.274 e. The van der Waals surface area contributed by atoms with Gasteiger partial charge in [0.2, 0.25) is 0 Å². The molecule has 0 radical (unpaired) electrons. The minimum Gasteiger partial charge on any atom is -0.378 e. The monoisotopic (exact) mass is 371 g/mol. The Bertz CT molecular complexity index is 780. The van der Waals surface area contributed by atoms with Crippen molar-refractivity contribution in [3.63, 3.8) is 0 Å². The molecule has 2 aliphatic rings. The van der Waals surface area contributed by atoms with Crippen LogP contribution < -0.4 is 4.90 Å². The van der Waals surface area contributed by atoms with Crippen molar-refractivity contribution in [3.05, 3.63) is 30.2 Å². The molecule has 0 saturated carbocycles. The fraction of sp³-hybridized carbons (Fsp3) is 0.611. The van der Waals surface area contributed by atoms with Crippen LogP contribution in [-0.4, -0.2) is 74.9 Å². The van der Waals surface area contributed by atoms with Gasteiger partial charge < -0.3 is 19.1 Å². The Hall–Kier alpha value is -2.55. The van der Waals surface area contributed by atoms with E-state index in [0.717, 1.165) is 44.0 Å². The van der Waals surface area contributed by atoms with Crippen molar-refractivity contribution >= 4 is 11.7 Å². The quantitative estimate of drug-likeness (QED) is 0.775. The van der Waals surface area contributed by atoms with Crippen molar-refractivity contribution in [2.24, 2.45) is 13.0 Å². The lowest BCUT2D eigenvalue weighted by Crippen LogP contribution is -2.41. The Morgan fingerprint density at radius 3 is 2.67 bits per heavy atom. The van der Waals surface area contributed by atoms with Crippen LogP contribution in [0.25, 0.3) is 0 Å². The highest BCUT2D eigenvalue weighted by atomic mass is 16.5. The lowest BCUT2D eigenvalue weighted by Gasteiger charge is -2.32. The number of carbonyl (C=O) groups excluding carboxylic acids is 1. The lowest BCUT2D eigenvalue weighted by atomic mass is 9.93. The van der Waals surface area contributed by atoms with Crippen molar-refractivity contribution in [1.29, 1.82) is 0 Å². The zero-order chi connectivity index (χ0) is 18.6. The highest BCUT2D eigenvalue weighted by Gasteiger charge is 2.24. The summed E-state index contributed by atoms with van der Waals surface area (Å²) in [5.74, 6) is 2.35. The number of ether oxygens (including phenoxy) is 1. The van der Waals surface area contributed by atoms with Gasteiger partial charge in [0.25, 0.3) is 5.91 Å². The average molecular weight is 371 g/mol. The van der Waals surface area contributed by atoms with Gasteiger partial charge in [-0.2, -0.15) is 0 Å². The maximum atomic E-state index is 12.6. The Labute approximate surface area is 158 Å².